The summed E-state index contributed by atoms with van der Waals surface area (Å²) in [5.41, 5.74) is 4.29. The van der Waals surface area contributed by atoms with Crippen LogP contribution in [0, 0.1) is 6.92 Å². The number of nitrogens with one attached hydrogen (secondary N) is 1. The number of carbonyl (C=O) groups excluding carboxylic acids is 1. The zero-order valence-electron chi connectivity index (χ0n) is 16.4. The lowest BCUT2D eigenvalue weighted by molar-refractivity contribution is -0.136. The van der Waals surface area contributed by atoms with Crippen molar-refractivity contribution in [2.75, 3.05) is 12.4 Å². The molecule has 1 aromatic heterocycles. The first-order chi connectivity index (χ1) is 14.1. The van der Waals surface area contributed by atoms with Crippen LogP contribution in [0.3, 0.4) is 0 Å². The van der Waals surface area contributed by atoms with Crippen molar-refractivity contribution in [3.8, 4) is 5.75 Å². The first kappa shape index (κ1) is 18.7. The second-order valence-electron chi connectivity index (χ2n) is 6.79. The summed E-state index contributed by atoms with van der Waals surface area (Å²) in [6.07, 6.45) is 0. The topological polar surface area (TPSA) is 91.2 Å². The lowest BCUT2D eigenvalue weighted by Crippen LogP contribution is -2.29. The highest BCUT2D eigenvalue weighted by atomic mass is 16.5. The molecule has 0 saturated carbocycles. The number of fused-ring (bicyclic) bond motifs is 1. The van der Waals surface area contributed by atoms with Gasteiger partial charge in [0.2, 0.25) is 5.95 Å². The molecule has 3 aromatic rings. The number of aromatic nitrogens is 4. The largest absolute Gasteiger partial charge is 0.489 e. The van der Waals surface area contributed by atoms with E-state index in [-0.39, 0.29) is 0 Å². The van der Waals surface area contributed by atoms with Crippen molar-refractivity contribution < 1.29 is 14.3 Å². The van der Waals surface area contributed by atoms with Crippen molar-refractivity contribution in [2.24, 2.45) is 0 Å². The zero-order valence-corrected chi connectivity index (χ0v) is 16.4. The predicted molar refractivity (Wildman–Crippen MR) is 106 cm³/mol. The molecule has 0 radical (unpaired) electrons. The highest BCUT2D eigenvalue weighted by Crippen LogP contribution is 2.35. The number of carbonyl (C=O) groups is 1. The normalized spacial score (nSPS) is 15.5. The van der Waals surface area contributed by atoms with Gasteiger partial charge < -0.3 is 14.8 Å². The van der Waals surface area contributed by atoms with Gasteiger partial charge in [-0.15, -0.1) is 0 Å². The van der Waals surface area contributed by atoms with Gasteiger partial charge in [-0.3, -0.25) is 0 Å². The summed E-state index contributed by atoms with van der Waals surface area (Å²) < 4.78 is 12.5. The maximum Gasteiger partial charge on any atom is 0.338 e. The van der Waals surface area contributed by atoms with E-state index in [2.05, 4.69) is 33.8 Å². The lowest BCUT2D eigenvalue weighted by atomic mass is 9.96. The van der Waals surface area contributed by atoms with Gasteiger partial charge in [-0.1, -0.05) is 41.5 Å². The van der Waals surface area contributed by atoms with Crippen LogP contribution in [-0.4, -0.2) is 33.3 Å². The summed E-state index contributed by atoms with van der Waals surface area (Å²) in [6.45, 7) is 4.35. The van der Waals surface area contributed by atoms with Gasteiger partial charge >= 0.3 is 5.97 Å². The monoisotopic (exact) mass is 391 g/mol. The van der Waals surface area contributed by atoms with Gasteiger partial charge in [0, 0.05) is 5.70 Å². The van der Waals surface area contributed by atoms with Crippen molar-refractivity contribution in [3.63, 3.8) is 0 Å². The molecule has 2 heterocycles. The standard InChI is InChI=1S/C21H21N5O3/c1-13-6-4-5-7-16(13)12-29-17-10-8-15(9-11-17)19-18(20(27)28-3)14(2)22-21-23-24-25-26(19)21/h4-11,19H,12H2,1-3H3,(H,22,23,25). The minimum atomic E-state index is -0.487. The van der Waals surface area contributed by atoms with E-state index >= 15 is 0 Å². The average molecular weight is 391 g/mol. The average Bonchev–Trinajstić information content (AvgIpc) is 3.20. The number of methoxy groups -OCH3 is 1. The number of aryl methyl sites for hydroxylation is 1. The fourth-order valence-corrected chi connectivity index (χ4v) is 3.37. The molecule has 1 aliphatic rings. The van der Waals surface area contributed by atoms with Crippen LogP contribution in [0.1, 0.15) is 29.7 Å². The number of rotatable bonds is 5. The van der Waals surface area contributed by atoms with Crippen LogP contribution in [0.4, 0.5) is 5.95 Å². The second-order valence-corrected chi connectivity index (χ2v) is 6.79. The third-order valence-corrected chi connectivity index (χ3v) is 4.97. The summed E-state index contributed by atoms with van der Waals surface area (Å²) in [7, 11) is 1.36. The molecule has 2 aromatic carbocycles. The Hall–Kier alpha value is -3.68. The quantitative estimate of drug-likeness (QED) is 0.669. The van der Waals surface area contributed by atoms with Gasteiger partial charge in [-0.2, -0.15) is 4.68 Å². The lowest BCUT2D eigenvalue weighted by Gasteiger charge is -2.27. The SMILES string of the molecule is COC(=O)C1=C(C)Nc2nnnn2C1c1ccc(OCc2ccccc2C)cc1. The molecule has 1 unspecified atom stereocenters. The Kier molecular flexibility index (Phi) is 4.99. The maximum absolute atomic E-state index is 12.4. The second kappa shape index (κ2) is 7.75. The fourth-order valence-electron chi connectivity index (χ4n) is 3.37. The summed E-state index contributed by atoms with van der Waals surface area (Å²) >= 11 is 0. The van der Waals surface area contributed by atoms with Gasteiger partial charge in [-0.05, 0) is 53.1 Å². The number of benzene rings is 2. The molecule has 8 heteroatoms. The first-order valence-corrected chi connectivity index (χ1v) is 9.19. The smallest absolute Gasteiger partial charge is 0.338 e. The molecule has 0 aliphatic carbocycles. The Morgan fingerprint density at radius 2 is 1.90 bits per heavy atom. The summed E-state index contributed by atoms with van der Waals surface area (Å²) in [5, 5.41) is 14.8. The van der Waals surface area contributed by atoms with Gasteiger partial charge in [0.25, 0.3) is 0 Å². The number of esters is 1. The van der Waals surface area contributed by atoms with Crippen molar-refractivity contribution in [1.82, 2.24) is 20.2 Å². The molecule has 0 saturated heterocycles. The maximum atomic E-state index is 12.4. The molecule has 148 valence electrons. The van der Waals surface area contributed by atoms with E-state index in [4.69, 9.17) is 9.47 Å². The third-order valence-electron chi connectivity index (χ3n) is 4.97. The number of ether oxygens (including phenoxy) is 2. The highest BCUT2D eigenvalue weighted by Gasteiger charge is 2.34. The number of allylic oxidation sites excluding steroid dienone is 1. The molecule has 8 nitrogen and oxygen atoms in total. The Bertz CT molecular complexity index is 1070. The Labute approximate surface area is 168 Å². The molecule has 1 atom stereocenters. The Morgan fingerprint density at radius 1 is 1.14 bits per heavy atom. The fraction of sp³-hybridized carbons (Fsp3) is 0.238. The van der Waals surface area contributed by atoms with E-state index in [0.29, 0.717) is 23.8 Å². The van der Waals surface area contributed by atoms with Crippen molar-refractivity contribution in [1.29, 1.82) is 0 Å². The van der Waals surface area contributed by atoms with Crippen LogP contribution in [0.2, 0.25) is 0 Å². The number of tetrazole rings is 1. The van der Waals surface area contributed by atoms with E-state index < -0.39 is 12.0 Å². The highest BCUT2D eigenvalue weighted by molar-refractivity contribution is 5.92. The van der Waals surface area contributed by atoms with Gasteiger partial charge in [0.1, 0.15) is 18.4 Å². The van der Waals surface area contributed by atoms with E-state index in [1.54, 1.807) is 11.6 Å². The van der Waals surface area contributed by atoms with Crippen molar-refractivity contribution in [3.05, 3.63) is 76.5 Å². The van der Waals surface area contributed by atoms with E-state index in [0.717, 1.165) is 16.9 Å². The first-order valence-electron chi connectivity index (χ1n) is 9.19. The molecule has 1 N–H and O–H groups in total. The molecular formula is C21H21N5O3. The number of hydrogen-bond donors (Lipinski definition) is 1. The summed E-state index contributed by atoms with van der Waals surface area (Å²) in [5.74, 6) is 0.782. The molecule has 4 rings (SSSR count). The van der Waals surface area contributed by atoms with E-state index in [9.17, 15) is 4.79 Å². The van der Waals surface area contributed by atoms with E-state index in [1.165, 1.54) is 12.7 Å². The number of hydrogen-bond acceptors (Lipinski definition) is 7. The summed E-state index contributed by atoms with van der Waals surface area (Å²) in [6, 6.07) is 15.2. The molecule has 0 amide bonds. The molecule has 0 spiro atoms. The summed E-state index contributed by atoms with van der Waals surface area (Å²) in [4.78, 5) is 12.4. The zero-order chi connectivity index (χ0) is 20.4. The van der Waals surface area contributed by atoms with Crippen LogP contribution in [0.15, 0.2) is 59.8 Å². The number of anilines is 1. The molecule has 0 bridgehead atoms. The van der Waals surface area contributed by atoms with Crippen molar-refractivity contribution in [2.45, 2.75) is 26.5 Å². The van der Waals surface area contributed by atoms with Gasteiger partial charge in [-0.25, -0.2) is 4.79 Å². The van der Waals surface area contributed by atoms with Gasteiger partial charge in [0.15, 0.2) is 0 Å². The third kappa shape index (κ3) is 3.56. The van der Waals surface area contributed by atoms with Crippen LogP contribution in [0.25, 0.3) is 0 Å². The molecular weight excluding hydrogens is 370 g/mol. The van der Waals surface area contributed by atoms with Gasteiger partial charge in [0.05, 0.1) is 12.7 Å². The molecule has 0 fully saturated rings. The molecule has 1 aliphatic heterocycles. The minimum Gasteiger partial charge on any atom is -0.489 e. The van der Waals surface area contributed by atoms with Crippen LogP contribution < -0.4 is 10.1 Å². The Morgan fingerprint density at radius 3 is 2.62 bits per heavy atom. The van der Waals surface area contributed by atoms with Crippen LogP contribution in [-0.2, 0) is 16.1 Å². The number of nitrogens with zero attached hydrogens (tertiary/aromatic N) is 4. The minimum absolute atomic E-state index is 0.430. The molecule has 29 heavy (non-hydrogen) atoms. The van der Waals surface area contributed by atoms with Crippen LogP contribution in [0.5, 0.6) is 5.75 Å². The van der Waals surface area contributed by atoms with Crippen LogP contribution >= 0.6 is 0 Å². The van der Waals surface area contributed by atoms with Crippen molar-refractivity contribution >= 4 is 11.9 Å². The Balaban J connectivity index is 1.60. The van der Waals surface area contributed by atoms with E-state index in [1.807, 2.05) is 42.5 Å². The predicted octanol–water partition coefficient (Wildman–Crippen LogP) is 3.02.